The highest BCUT2D eigenvalue weighted by molar-refractivity contribution is 6.17. The summed E-state index contributed by atoms with van der Waals surface area (Å²) in [4.78, 5) is 14.1. The van der Waals surface area contributed by atoms with E-state index in [0.29, 0.717) is 11.9 Å². The number of carbonyl (C=O) groups is 1. The highest BCUT2D eigenvalue weighted by atomic mass is 35.5. The lowest BCUT2D eigenvalue weighted by atomic mass is 10.0. The molecule has 1 amide bonds. The number of hydrogen-bond acceptors (Lipinski definition) is 1. The Labute approximate surface area is 108 Å². The smallest absolute Gasteiger partial charge is 0.247 e. The molecule has 0 saturated carbocycles. The zero-order chi connectivity index (χ0) is 12.1. The van der Waals surface area contributed by atoms with Gasteiger partial charge in [0.2, 0.25) is 5.91 Å². The Bertz CT molecular complexity index is 335. The number of carbonyl (C=O) groups excluding carboxylic acids is 1. The third-order valence-electron chi connectivity index (χ3n) is 3.53. The molecule has 2 nitrogen and oxygen atoms in total. The lowest BCUT2D eigenvalue weighted by molar-refractivity contribution is -0.126. The van der Waals surface area contributed by atoms with Gasteiger partial charge in [0.05, 0.1) is 6.04 Å². The third kappa shape index (κ3) is 3.35. The molecule has 0 bridgehead atoms. The number of unbranched alkanes of at least 4 members (excludes halogenated alkanes) is 1. The van der Waals surface area contributed by atoms with Crippen molar-refractivity contribution in [3.05, 3.63) is 23.8 Å². The topological polar surface area (TPSA) is 20.3 Å². The van der Waals surface area contributed by atoms with Crippen molar-refractivity contribution < 1.29 is 4.79 Å². The van der Waals surface area contributed by atoms with E-state index in [1.165, 1.54) is 5.57 Å². The second kappa shape index (κ2) is 6.25. The molecule has 94 valence electrons. The zero-order valence-electron chi connectivity index (χ0n) is 10.2. The van der Waals surface area contributed by atoms with Crippen molar-refractivity contribution in [3.63, 3.8) is 0 Å². The molecule has 0 unspecified atom stereocenters. The first-order valence-corrected chi connectivity index (χ1v) is 7.07. The number of halogens is 1. The lowest BCUT2D eigenvalue weighted by Crippen LogP contribution is -2.33. The van der Waals surface area contributed by atoms with Gasteiger partial charge in [-0.1, -0.05) is 17.7 Å². The van der Waals surface area contributed by atoms with Gasteiger partial charge in [-0.15, -0.1) is 11.6 Å². The molecule has 0 aromatic heterocycles. The van der Waals surface area contributed by atoms with Gasteiger partial charge in [0.15, 0.2) is 0 Å². The third-order valence-corrected chi connectivity index (χ3v) is 3.80. The summed E-state index contributed by atoms with van der Waals surface area (Å²) in [6, 6.07) is 0.350. The fourth-order valence-corrected chi connectivity index (χ4v) is 2.77. The van der Waals surface area contributed by atoms with E-state index in [-0.39, 0.29) is 5.91 Å². The van der Waals surface area contributed by atoms with Gasteiger partial charge in [-0.25, -0.2) is 0 Å². The maximum Gasteiger partial charge on any atom is 0.247 e. The number of alkyl halides is 1. The first-order valence-electron chi connectivity index (χ1n) is 6.54. The van der Waals surface area contributed by atoms with Crippen LogP contribution in [0.25, 0.3) is 0 Å². The summed E-state index contributed by atoms with van der Waals surface area (Å²) in [5.41, 5.74) is 1.25. The molecule has 0 aromatic carbocycles. The van der Waals surface area contributed by atoms with Crippen LogP contribution < -0.4 is 0 Å². The van der Waals surface area contributed by atoms with Crippen LogP contribution in [0.15, 0.2) is 23.8 Å². The molecular formula is C14H20ClNO. The highest BCUT2D eigenvalue weighted by Gasteiger charge is 2.26. The van der Waals surface area contributed by atoms with Crippen LogP contribution in [0.2, 0.25) is 0 Å². The van der Waals surface area contributed by atoms with Crippen LogP contribution in [0.3, 0.4) is 0 Å². The van der Waals surface area contributed by atoms with Gasteiger partial charge in [0.1, 0.15) is 0 Å². The Kier molecular flexibility index (Phi) is 4.66. The second-order valence-corrected chi connectivity index (χ2v) is 5.20. The minimum atomic E-state index is 0.206. The van der Waals surface area contributed by atoms with Gasteiger partial charge in [-0.2, -0.15) is 0 Å². The SMILES string of the molecule is O=C1/C=C(/CCCCCl)C/C=C\[C@@H]2CCCN12. The van der Waals surface area contributed by atoms with E-state index >= 15 is 0 Å². The lowest BCUT2D eigenvalue weighted by Gasteiger charge is -2.23. The van der Waals surface area contributed by atoms with Gasteiger partial charge in [-0.05, 0) is 38.5 Å². The predicted molar refractivity (Wildman–Crippen MR) is 71.1 cm³/mol. The maximum absolute atomic E-state index is 12.1. The van der Waals surface area contributed by atoms with Gasteiger partial charge in [-0.3, -0.25) is 4.79 Å². The van der Waals surface area contributed by atoms with Gasteiger partial charge in [0.25, 0.3) is 0 Å². The summed E-state index contributed by atoms with van der Waals surface area (Å²) < 4.78 is 0. The monoisotopic (exact) mass is 253 g/mol. The Balaban J connectivity index is 1.99. The summed E-state index contributed by atoms with van der Waals surface area (Å²) in [6.45, 7) is 0.916. The molecule has 1 saturated heterocycles. The van der Waals surface area contributed by atoms with E-state index in [2.05, 4.69) is 12.2 Å². The fourth-order valence-electron chi connectivity index (χ4n) is 2.58. The van der Waals surface area contributed by atoms with Crippen molar-refractivity contribution in [2.45, 2.75) is 44.6 Å². The van der Waals surface area contributed by atoms with E-state index in [0.717, 1.165) is 45.1 Å². The number of amides is 1. The number of hydrogen-bond donors (Lipinski definition) is 0. The zero-order valence-corrected chi connectivity index (χ0v) is 11.0. The number of nitrogens with zero attached hydrogens (tertiary/aromatic N) is 1. The van der Waals surface area contributed by atoms with Crippen molar-refractivity contribution in [3.8, 4) is 0 Å². The van der Waals surface area contributed by atoms with Crippen LogP contribution in [-0.2, 0) is 4.79 Å². The molecule has 1 fully saturated rings. The number of rotatable bonds is 4. The standard InChI is InChI=1S/C14H20ClNO/c15-9-2-1-5-12-6-3-7-13-8-4-10-16(13)14(17)11-12/h3,7,11,13H,1-2,4-6,8-10H2/b7-3-,12-11-/t13-/m1/s1. The Morgan fingerprint density at radius 1 is 1.41 bits per heavy atom. The number of fused-ring (bicyclic) bond motifs is 1. The predicted octanol–water partition coefficient (Wildman–Crippen LogP) is 3.27. The molecule has 0 N–H and O–H groups in total. The molecule has 0 aliphatic carbocycles. The largest absolute Gasteiger partial charge is 0.333 e. The average Bonchev–Trinajstić information content (AvgIpc) is 2.75. The Morgan fingerprint density at radius 3 is 3.12 bits per heavy atom. The Morgan fingerprint density at radius 2 is 2.29 bits per heavy atom. The van der Waals surface area contributed by atoms with Crippen LogP contribution in [0.4, 0.5) is 0 Å². The summed E-state index contributed by atoms with van der Waals surface area (Å²) >= 11 is 5.67. The highest BCUT2D eigenvalue weighted by Crippen LogP contribution is 2.23. The van der Waals surface area contributed by atoms with Crippen LogP contribution in [0.1, 0.15) is 38.5 Å². The van der Waals surface area contributed by atoms with Crippen molar-refractivity contribution in [1.82, 2.24) is 4.90 Å². The summed E-state index contributed by atoms with van der Waals surface area (Å²) in [5, 5.41) is 0. The molecule has 0 aromatic rings. The molecule has 3 heteroatoms. The van der Waals surface area contributed by atoms with E-state index < -0.39 is 0 Å². The van der Waals surface area contributed by atoms with E-state index in [1.807, 2.05) is 11.0 Å². The van der Waals surface area contributed by atoms with Crippen molar-refractivity contribution in [2.75, 3.05) is 12.4 Å². The van der Waals surface area contributed by atoms with Crippen LogP contribution in [-0.4, -0.2) is 29.3 Å². The molecule has 2 aliphatic heterocycles. The number of allylic oxidation sites excluding steroid dienone is 2. The molecule has 2 heterocycles. The maximum atomic E-state index is 12.1. The minimum absolute atomic E-state index is 0.206. The second-order valence-electron chi connectivity index (χ2n) is 4.82. The van der Waals surface area contributed by atoms with Crippen molar-refractivity contribution in [2.24, 2.45) is 0 Å². The normalized spacial score (nSPS) is 29.2. The molecule has 2 aliphatic rings. The molecular weight excluding hydrogens is 234 g/mol. The Hall–Kier alpha value is -0.760. The molecule has 0 radical (unpaired) electrons. The van der Waals surface area contributed by atoms with Gasteiger partial charge in [0, 0.05) is 18.5 Å². The fraction of sp³-hybridized carbons (Fsp3) is 0.643. The van der Waals surface area contributed by atoms with Gasteiger partial charge < -0.3 is 4.90 Å². The summed E-state index contributed by atoms with van der Waals surface area (Å²) in [7, 11) is 0. The molecule has 2 rings (SSSR count). The first-order chi connectivity index (χ1) is 8.31. The van der Waals surface area contributed by atoms with E-state index in [9.17, 15) is 4.79 Å². The molecule has 0 spiro atoms. The van der Waals surface area contributed by atoms with E-state index in [1.54, 1.807) is 0 Å². The van der Waals surface area contributed by atoms with Crippen LogP contribution >= 0.6 is 11.6 Å². The molecule has 1 atom stereocenters. The first kappa shape index (κ1) is 12.7. The minimum Gasteiger partial charge on any atom is -0.333 e. The molecule has 17 heavy (non-hydrogen) atoms. The van der Waals surface area contributed by atoms with Crippen molar-refractivity contribution >= 4 is 17.5 Å². The summed E-state index contributed by atoms with van der Waals surface area (Å²) in [6.07, 6.45) is 12.6. The van der Waals surface area contributed by atoms with Crippen molar-refractivity contribution in [1.29, 1.82) is 0 Å². The van der Waals surface area contributed by atoms with Crippen LogP contribution in [0, 0.1) is 0 Å². The van der Waals surface area contributed by atoms with Crippen LogP contribution in [0.5, 0.6) is 0 Å². The quantitative estimate of drug-likeness (QED) is 0.428. The summed E-state index contributed by atoms with van der Waals surface area (Å²) in [5.74, 6) is 0.920. The van der Waals surface area contributed by atoms with Gasteiger partial charge >= 0.3 is 0 Å². The van der Waals surface area contributed by atoms with E-state index in [4.69, 9.17) is 11.6 Å². The average molecular weight is 254 g/mol.